The second-order valence-electron chi connectivity index (χ2n) is 17.1. The van der Waals surface area contributed by atoms with E-state index in [2.05, 4.69) is 248 Å². The average Bonchev–Trinajstić information content (AvgIpc) is 3.92. The van der Waals surface area contributed by atoms with Crippen molar-refractivity contribution in [2.24, 2.45) is 0 Å². The smallest absolute Gasteiger partial charge is 0.0178 e. The fourth-order valence-electron chi connectivity index (χ4n) is 9.84. The molecule has 8 aromatic carbocycles. The van der Waals surface area contributed by atoms with Crippen molar-refractivity contribution in [3.8, 4) is 44.5 Å². The molecule has 4 aliphatic rings. The van der Waals surface area contributed by atoms with Gasteiger partial charge in [0.2, 0.25) is 0 Å². The molecule has 0 aromatic heterocycles. The van der Waals surface area contributed by atoms with E-state index in [9.17, 15) is 0 Å². The largest absolute Gasteiger partial charge is 0.0619 e. The van der Waals surface area contributed by atoms with Gasteiger partial charge in [-0.2, -0.15) is 0 Å². The summed E-state index contributed by atoms with van der Waals surface area (Å²) in [5, 5.41) is 0. The quantitative estimate of drug-likeness (QED) is 0.142. The standard InChI is InChI=1S/C15H12Br2.C15H14.C14H12.C13H10/c1-15(2)13-7-9(16)3-5-11(13)12-6-4-10(17)8-14(12)15;1-15(2)13-9-5-3-7-11(13)12-8-4-6-10-14(12)15;1-10-11-6-2-4-8-13(11)14-9-5-3-7-12(10)14;1-3-7-12-10(5-1)9-11-6-2-4-8-13(11)12/h3-8H,1-2H3;3-10H,1-2H3;2-10H,1H3;1-8H,9H2. The molecule has 290 valence electrons. The first-order chi connectivity index (χ1) is 28.5. The van der Waals surface area contributed by atoms with Crippen LogP contribution in [0.4, 0.5) is 0 Å². The van der Waals surface area contributed by atoms with Crippen LogP contribution in [0, 0.1) is 0 Å². The fourth-order valence-corrected chi connectivity index (χ4v) is 10.6. The first-order valence-corrected chi connectivity index (χ1v) is 22.3. The van der Waals surface area contributed by atoms with E-state index in [1.807, 2.05) is 0 Å². The van der Waals surface area contributed by atoms with Crippen LogP contribution in [0.2, 0.25) is 0 Å². The van der Waals surface area contributed by atoms with Gasteiger partial charge in [-0.05, 0) is 120 Å². The molecule has 4 aliphatic carbocycles. The van der Waals surface area contributed by atoms with E-state index in [0.29, 0.717) is 5.92 Å². The lowest BCUT2D eigenvalue weighted by atomic mass is 9.82. The zero-order chi connectivity index (χ0) is 40.9. The molecule has 8 aromatic rings. The number of halogens is 2. The molecule has 0 saturated heterocycles. The van der Waals surface area contributed by atoms with Crippen molar-refractivity contribution in [3.05, 3.63) is 235 Å². The van der Waals surface area contributed by atoms with Gasteiger partial charge in [0.15, 0.2) is 0 Å². The van der Waals surface area contributed by atoms with Gasteiger partial charge in [0.1, 0.15) is 0 Å². The summed E-state index contributed by atoms with van der Waals surface area (Å²) >= 11 is 7.13. The lowest BCUT2D eigenvalue weighted by Gasteiger charge is -2.21. The first-order valence-electron chi connectivity index (χ1n) is 20.7. The van der Waals surface area contributed by atoms with Crippen LogP contribution in [-0.2, 0) is 17.3 Å². The SMILES string of the molecule is CC1(C)c2cc(Br)ccc2-c2ccc(Br)cc21.CC1(C)c2ccccc2-c2ccccc21.CC1c2ccccc2-c2ccccc21.c1ccc2c(c1)Cc1ccccc1-2. The van der Waals surface area contributed by atoms with E-state index in [1.165, 1.54) is 89.0 Å². The van der Waals surface area contributed by atoms with Crippen LogP contribution in [0.5, 0.6) is 0 Å². The fraction of sp³-hybridized carbons (Fsp3) is 0.158. The maximum Gasteiger partial charge on any atom is 0.0178 e. The van der Waals surface area contributed by atoms with E-state index in [1.54, 1.807) is 0 Å². The van der Waals surface area contributed by atoms with Crippen LogP contribution >= 0.6 is 31.9 Å². The maximum absolute atomic E-state index is 3.57. The summed E-state index contributed by atoms with van der Waals surface area (Å²) in [4.78, 5) is 0. The van der Waals surface area contributed by atoms with Gasteiger partial charge >= 0.3 is 0 Å². The molecule has 0 atom stereocenters. The van der Waals surface area contributed by atoms with E-state index < -0.39 is 0 Å². The lowest BCUT2D eigenvalue weighted by molar-refractivity contribution is 0.659. The number of benzene rings is 8. The second kappa shape index (κ2) is 15.7. The molecule has 0 unspecified atom stereocenters. The average molecular weight is 893 g/mol. The highest BCUT2D eigenvalue weighted by atomic mass is 79.9. The maximum atomic E-state index is 3.57. The Kier molecular flexibility index (Phi) is 10.4. The molecule has 12 rings (SSSR count). The summed E-state index contributed by atoms with van der Waals surface area (Å²) in [6.45, 7) is 11.5. The van der Waals surface area contributed by atoms with Gasteiger partial charge in [-0.1, -0.05) is 224 Å². The Morgan fingerprint density at radius 1 is 0.356 bits per heavy atom. The van der Waals surface area contributed by atoms with Gasteiger partial charge in [0.25, 0.3) is 0 Å². The molecule has 0 saturated carbocycles. The monoisotopic (exact) mass is 890 g/mol. The minimum absolute atomic E-state index is 0.0816. The number of hydrogen-bond donors (Lipinski definition) is 0. The minimum atomic E-state index is 0.0816. The molecule has 0 aliphatic heterocycles. The van der Waals surface area contributed by atoms with Crippen molar-refractivity contribution in [1.29, 1.82) is 0 Å². The summed E-state index contributed by atoms with van der Waals surface area (Å²) in [5.74, 6) is 0.558. The van der Waals surface area contributed by atoms with Crippen molar-refractivity contribution in [1.82, 2.24) is 0 Å². The molecular formula is C57H48Br2. The van der Waals surface area contributed by atoms with E-state index in [4.69, 9.17) is 0 Å². The van der Waals surface area contributed by atoms with Crippen molar-refractivity contribution in [2.45, 2.75) is 57.8 Å². The Hall–Kier alpha value is -5.28. The molecule has 59 heavy (non-hydrogen) atoms. The Morgan fingerprint density at radius 2 is 0.678 bits per heavy atom. The van der Waals surface area contributed by atoms with Crippen LogP contribution in [0.15, 0.2) is 191 Å². The Bertz CT molecular complexity index is 2670. The molecule has 0 radical (unpaired) electrons. The molecule has 0 nitrogen and oxygen atoms in total. The predicted octanol–water partition coefficient (Wildman–Crippen LogP) is 16.6. The van der Waals surface area contributed by atoms with Crippen molar-refractivity contribution in [3.63, 3.8) is 0 Å². The molecule has 0 N–H and O–H groups in total. The molecule has 0 spiro atoms. The Labute approximate surface area is 367 Å². The van der Waals surface area contributed by atoms with Gasteiger partial charge in [-0.25, -0.2) is 0 Å². The summed E-state index contributed by atoms with van der Waals surface area (Å²) in [6, 6.07) is 65.3. The molecule has 0 amide bonds. The van der Waals surface area contributed by atoms with Crippen LogP contribution in [0.25, 0.3) is 44.5 Å². The summed E-state index contributed by atoms with van der Waals surface area (Å²) in [6.07, 6.45) is 1.10. The topological polar surface area (TPSA) is 0 Å². The molecule has 0 bridgehead atoms. The van der Waals surface area contributed by atoms with Crippen LogP contribution in [0.3, 0.4) is 0 Å². The lowest BCUT2D eigenvalue weighted by Crippen LogP contribution is -2.14. The van der Waals surface area contributed by atoms with Gasteiger partial charge in [0, 0.05) is 25.7 Å². The van der Waals surface area contributed by atoms with Crippen molar-refractivity contribution in [2.75, 3.05) is 0 Å². The van der Waals surface area contributed by atoms with Crippen LogP contribution < -0.4 is 0 Å². The molecule has 0 heterocycles. The zero-order valence-corrected chi connectivity index (χ0v) is 37.5. The summed E-state index contributed by atoms with van der Waals surface area (Å²) in [7, 11) is 0. The summed E-state index contributed by atoms with van der Waals surface area (Å²) in [5.41, 5.74) is 23.0. The van der Waals surface area contributed by atoms with Crippen molar-refractivity contribution >= 4 is 31.9 Å². The second-order valence-corrected chi connectivity index (χ2v) is 18.9. The molecule has 2 heteroatoms. The molecule has 0 fully saturated rings. The third-order valence-electron chi connectivity index (χ3n) is 12.9. The third kappa shape index (κ3) is 7.05. The zero-order valence-electron chi connectivity index (χ0n) is 34.4. The highest BCUT2D eigenvalue weighted by Gasteiger charge is 2.36. The highest BCUT2D eigenvalue weighted by Crippen LogP contribution is 2.50. The third-order valence-corrected chi connectivity index (χ3v) is 13.9. The molecular weight excluding hydrogens is 844 g/mol. The Morgan fingerprint density at radius 3 is 1.12 bits per heavy atom. The van der Waals surface area contributed by atoms with Gasteiger partial charge in [-0.3, -0.25) is 0 Å². The predicted molar refractivity (Wildman–Crippen MR) is 257 cm³/mol. The van der Waals surface area contributed by atoms with Gasteiger partial charge < -0.3 is 0 Å². The van der Waals surface area contributed by atoms with Gasteiger partial charge in [0.05, 0.1) is 0 Å². The number of hydrogen-bond acceptors (Lipinski definition) is 0. The van der Waals surface area contributed by atoms with E-state index >= 15 is 0 Å². The Balaban J connectivity index is 0.000000102. The summed E-state index contributed by atoms with van der Waals surface area (Å²) < 4.78 is 2.30. The van der Waals surface area contributed by atoms with E-state index in [0.717, 1.165) is 15.4 Å². The van der Waals surface area contributed by atoms with Gasteiger partial charge in [-0.15, -0.1) is 0 Å². The first kappa shape index (κ1) is 39.2. The number of fused-ring (bicyclic) bond motifs is 12. The van der Waals surface area contributed by atoms with Crippen LogP contribution in [-0.4, -0.2) is 0 Å². The number of rotatable bonds is 0. The van der Waals surface area contributed by atoms with E-state index in [-0.39, 0.29) is 10.8 Å². The van der Waals surface area contributed by atoms with Crippen LogP contribution in [0.1, 0.15) is 85.0 Å². The highest BCUT2D eigenvalue weighted by molar-refractivity contribution is 9.10. The normalized spacial score (nSPS) is 14.5. The minimum Gasteiger partial charge on any atom is -0.0619 e. The van der Waals surface area contributed by atoms with Crippen molar-refractivity contribution < 1.29 is 0 Å².